The van der Waals surface area contributed by atoms with Gasteiger partial charge in [0.05, 0.1) is 23.2 Å². The molecule has 0 aliphatic rings. The Balaban J connectivity index is 1.73. The van der Waals surface area contributed by atoms with Gasteiger partial charge in [-0.15, -0.1) is 0 Å². The van der Waals surface area contributed by atoms with Gasteiger partial charge in [-0.05, 0) is 70.9 Å². The summed E-state index contributed by atoms with van der Waals surface area (Å²) in [6.45, 7) is 2.64. The lowest BCUT2D eigenvalue weighted by atomic mass is 10.1. The third kappa shape index (κ3) is 6.90. The minimum Gasteiger partial charge on any atom is -0.495 e. The predicted octanol–water partition coefficient (Wildman–Crippen LogP) is 7.39. The molecule has 0 spiro atoms. The molecule has 0 saturated heterocycles. The van der Waals surface area contributed by atoms with Crippen molar-refractivity contribution in [2.24, 2.45) is 0 Å². The summed E-state index contributed by atoms with van der Waals surface area (Å²) in [6.07, 6.45) is 3.12. The molecule has 0 radical (unpaired) electrons. The van der Waals surface area contributed by atoms with Crippen molar-refractivity contribution >= 4 is 56.8 Å². The molecule has 33 heavy (non-hydrogen) atoms. The van der Waals surface area contributed by atoms with E-state index in [4.69, 9.17) is 37.4 Å². The standard InChI is InChI=1S/C25H22BrCl2NO4/c1-3-32-23-13-16(8-11-24(30)29-18-9-10-22(31-2)21(28)14-18)12-19(26)25(23)33-15-17-6-4-5-7-20(17)27/h4-14H,3,15H2,1-2H3,(H,29,30)/b11-8+. The van der Waals surface area contributed by atoms with E-state index in [1.165, 1.54) is 13.2 Å². The smallest absolute Gasteiger partial charge is 0.248 e. The van der Waals surface area contributed by atoms with Gasteiger partial charge >= 0.3 is 0 Å². The lowest BCUT2D eigenvalue weighted by Gasteiger charge is -2.15. The molecule has 3 aromatic carbocycles. The first-order chi connectivity index (χ1) is 15.9. The maximum absolute atomic E-state index is 12.4. The van der Waals surface area contributed by atoms with E-state index in [1.807, 2.05) is 43.3 Å². The summed E-state index contributed by atoms with van der Waals surface area (Å²) in [6, 6.07) is 16.2. The maximum Gasteiger partial charge on any atom is 0.248 e. The second-order valence-electron chi connectivity index (χ2n) is 6.81. The summed E-state index contributed by atoms with van der Waals surface area (Å²) in [5, 5.41) is 3.82. The fourth-order valence-corrected chi connectivity index (χ4v) is 3.97. The van der Waals surface area contributed by atoms with E-state index in [2.05, 4.69) is 21.2 Å². The monoisotopic (exact) mass is 549 g/mol. The average molecular weight is 551 g/mol. The van der Waals surface area contributed by atoms with Crippen molar-refractivity contribution in [1.82, 2.24) is 0 Å². The molecule has 0 atom stereocenters. The number of carbonyl (C=O) groups is 1. The van der Waals surface area contributed by atoms with Crippen molar-refractivity contribution < 1.29 is 19.0 Å². The fraction of sp³-hybridized carbons (Fsp3) is 0.160. The highest BCUT2D eigenvalue weighted by molar-refractivity contribution is 9.10. The van der Waals surface area contributed by atoms with E-state index >= 15 is 0 Å². The summed E-state index contributed by atoms with van der Waals surface area (Å²) in [7, 11) is 1.53. The van der Waals surface area contributed by atoms with Crippen LogP contribution in [0.2, 0.25) is 10.0 Å². The number of anilines is 1. The topological polar surface area (TPSA) is 56.8 Å². The zero-order valence-corrected chi connectivity index (χ0v) is 21.1. The lowest BCUT2D eigenvalue weighted by Crippen LogP contribution is -2.07. The highest BCUT2D eigenvalue weighted by Gasteiger charge is 2.13. The van der Waals surface area contributed by atoms with Gasteiger partial charge in [-0.2, -0.15) is 0 Å². The molecule has 172 valence electrons. The Hall–Kier alpha value is -2.67. The van der Waals surface area contributed by atoms with Gasteiger partial charge in [-0.1, -0.05) is 41.4 Å². The number of hydrogen-bond acceptors (Lipinski definition) is 4. The van der Waals surface area contributed by atoms with Crippen molar-refractivity contribution in [3.05, 3.63) is 86.3 Å². The predicted molar refractivity (Wildman–Crippen MR) is 137 cm³/mol. The van der Waals surface area contributed by atoms with Crippen LogP contribution in [0, 0.1) is 0 Å². The second kappa shape index (κ2) is 12.0. The van der Waals surface area contributed by atoms with Crippen LogP contribution in [0.5, 0.6) is 17.2 Å². The molecular formula is C25H22BrCl2NO4. The summed E-state index contributed by atoms with van der Waals surface area (Å²) >= 11 is 15.9. The van der Waals surface area contributed by atoms with E-state index in [-0.39, 0.29) is 5.91 Å². The maximum atomic E-state index is 12.4. The lowest BCUT2D eigenvalue weighted by molar-refractivity contribution is -0.111. The first kappa shape index (κ1) is 25.0. The third-order valence-corrected chi connectivity index (χ3v) is 5.76. The third-order valence-electron chi connectivity index (χ3n) is 4.51. The minimum atomic E-state index is -0.302. The Bertz CT molecular complexity index is 1170. The van der Waals surface area contributed by atoms with Crippen LogP contribution in [0.3, 0.4) is 0 Å². The Morgan fingerprint density at radius 3 is 2.52 bits per heavy atom. The largest absolute Gasteiger partial charge is 0.495 e. The number of ether oxygens (including phenoxy) is 3. The molecule has 0 unspecified atom stereocenters. The summed E-state index contributed by atoms with van der Waals surface area (Å²) in [5.74, 6) is 1.35. The number of carbonyl (C=O) groups excluding carboxylic acids is 1. The first-order valence-corrected chi connectivity index (χ1v) is 11.6. The van der Waals surface area contributed by atoms with E-state index < -0.39 is 0 Å². The van der Waals surface area contributed by atoms with Crippen LogP contribution >= 0.6 is 39.1 Å². The molecule has 0 saturated carbocycles. The van der Waals surface area contributed by atoms with E-state index in [0.717, 1.165) is 11.1 Å². The zero-order valence-electron chi connectivity index (χ0n) is 18.0. The van der Waals surface area contributed by atoms with Gasteiger partial charge in [-0.3, -0.25) is 4.79 Å². The Labute approximate surface area is 211 Å². The van der Waals surface area contributed by atoms with Crippen LogP contribution in [0.15, 0.2) is 65.1 Å². The molecule has 0 bridgehead atoms. The van der Waals surface area contributed by atoms with Gasteiger partial charge in [0.15, 0.2) is 11.5 Å². The van der Waals surface area contributed by atoms with Crippen molar-refractivity contribution in [3.8, 4) is 17.2 Å². The van der Waals surface area contributed by atoms with Crippen molar-refractivity contribution in [1.29, 1.82) is 0 Å². The molecule has 1 N–H and O–H groups in total. The molecular weight excluding hydrogens is 529 g/mol. The van der Waals surface area contributed by atoms with Gasteiger partial charge in [0, 0.05) is 22.3 Å². The molecule has 0 heterocycles. The van der Waals surface area contributed by atoms with E-state index in [1.54, 1.807) is 24.3 Å². The molecule has 3 aromatic rings. The first-order valence-electron chi connectivity index (χ1n) is 10.1. The highest BCUT2D eigenvalue weighted by atomic mass is 79.9. The zero-order chi connectivity index (χ0) is 23.8. The van der Waals surface area contributed by atoms with Gasteiger partial charge in [0.2, 0.25) is 5.91 Å². The second-order valence-corrected chi connectivity index (χ2v) is 8.48. The fourth-order valence-electron chi connectivity index (χ4n) is 2.95. The molecule has 1 amide bonds. The average Bonchev–Trinajstić information content (AvgIpc) is 2.78. The molecule has 0 aliphatic carbocycles. The van der Waals surface area contributed by atoms with E-state index in [9.17, 15) is 4.79 Å². The number of methoxy groups -OCH3 is 1. The summed E-state index contributed by atoms with van der Waals surface area (Å²) < 4.78 is 17.6. The number of amides is 1. The molecule has 8 heteroatoms. The SMILES string of the molecule is CCOc1cc(/C=C/C(=O)Nc2ccc(OC)c(Cl)c2)cc(Br)c1OCc1ccccc1Cl. The number of halogens is 3. The number of nitrogens with one attached hydrogen (secondary N) is 1. The number of hydrogen-bond donors (Lipinski definition) is 1. The summed E-state index contributed by atoms with van der Waals surface area (Å²) in [5.41, 5.74) is 2.20. The van der Waals surface area contributed by atoms with Crippen LogP contribution in [0.4, 0.5) is 5.69 Å². The van der Waals surface area contributed by atoms with E-state index in [0.29, 0.717) is 50.7 Å². The quantitative estimate of drug-likeness (QED) is 0.282. The van der Waals surface area contributed by atoms with Crippen LogP contribution < -0.4 is 19.5 Å². The number of benzene rings is 3. The molecule has 0 aliphatic heterocycles. The van der Waals surface area contributed by atoms with Crippen molar-refractivity contribution in [2.75, 3.05) is 19.0 Å². The van der Waals surface area contributed by atoms with Gasteiger partial charge in [0.25, 0.3) is 0 Å². The highest BCUT2D eigenvalue weighted by Crippen LogP contribution is 2.38. The molecule has 3 rings (SSSR count). The van der Waals surface area contributed by atoms with Crippen LogP contribution in [-0.4, -0.2) is 19.6 Å². The van der Waals surface area contributed by atoms with Crippen LogP contribution in [0.1, 0.15) is 18.1 Å². The van der Waals surface area contributed by atoms with Crippen LogP contribution in [0.25, 0.3) is 6.08 Å². The van der Waals surface area contributed by atoms with Gasteiger partial charge < -0.3 is 19.5 Å². The Morgan fingerprint density at radius 1 is 1.03 bits per heavy atom. The Kier molecular flexibility index (Phi) is 9.06. The summed E-state index contributed by atoms with van der Waals surface area (Å²) in [4.78, 5) is 12.4. The number of rotatable bonds is 9. The minimum absolute atomic E-state index is 0.292. The molecule has 0 fully saturated rings. The Morgan fingerprint density at radius 2 is 1.82 bits per heavy atom. The van der Waals surface area contributed by atoms with Gasteiger partial charge in [0.1, 0.15) is 12.4 Å². The van der Waals surface area contributed by atoms with Crippen LogP contribution in [-0.2, 0) is 11.4 Å². The van der Waals surface area contributed by atoms with Crippen molar-refractivity contribution in [2.45, 2.75) is 13.5 Å². The normalized spacial score (nSPS) is 10.8. The van der Waals surface area contributed by atoms with Crippen molar-refractivity contribution in [3.63, 3.8) is 0 Å². The molecule has 5 nitrogen and oxygen atoms in total. The molecule has 0 aromatic heterocycles. The van der Waals surface area contributed by atoms with Gasteiger partial charge in [-0.25, -0.2) is 0 Å².